The van der Waals surface area contributed by atoms with E-state index in [1.807, 2.05) is 12.1 Å². The van der Waals surface area contributed by atoms with Crippen molar-refractivity contribution < 1.29 is 4.79 Å². The summed E-state index contributed by atoms with van der Waals surface area (Å²) in [6, 6.07) is 8.26. The summed E-state index contributed by atoms with van der Waals surface area (Å²) in [7, 11) is 0. The van der Waals surface area contributed by atoms with Crippen LogP contribution in [0.1, 0.15) is 37.3 Å². The Morgan fingerprint density at radius 1 is 1.39 bits per heavy atom. The van der Waals surface area contributed by atoms with Crippen LogP contribution in [0.15, 0.2) is 24.3 Å². The largest absolute Gasteiger partial charge is 0.355 e. The van der Waals surface area contributed by atoms with E-state index in [1.54, 1.807) is 0 Å². The molecule has 1 atom stereocenters. The molecule has 1 aromatic rings. The number of aryl methyl sites for hydroxylation is 2. The van der Waals surface area contributed by atoms with Crippen molar-refractivity contribution in [3.05, 3.63) is 35.4 Å². The van der Waals surface area contributed by atoms with Crippen molar-refractivity contribution in [1.82, 2.24) is 5.32 Å². The van der Waals surface area contributed by atoms with Gasteiger partial charge in [0.1, 0.15) is 0 Å². The summed E-state index contributed by atoms with van der Waals surface area (Å²) in [5, 5.41) is 2.89. The number of carbonyl (C=O) groups is 1. The molecule has 0 heterocycles. The fraction of sp³-hybridized carbons (Fsp3) is 0.533. The highest BCUT2D eigenvalue weighted by Gasteiger charge is 2.06. The van der Waals surface area contributed by atoms with E-state index >= 15 is 0 Å². The molecule has 0 aliphatic carbocycles. The summed E-state index contributed by atoms with van der Waals surface area (Å²) in [5.41, 5.74) is 8.33. The van der Waals surface area contributed by atoms with Crippen molar-refractivity contribution in [2.24, 2.45) is 5.73 Å². The van der Waals surface area contributed by atoms with E-state index in [-0.39, 0.29) is 11.9 Å². The van der Waals surface area contributed by atoms with Gasteiger partial charge in [-0.2, -0.15) is 0 Å². The summed E-state index contributed by atoms with van der Waals surface area (Å²) >= 11 is 0. The Bertz CT molecular complexity index is 377. The molecule has 0 radical (unpaired) electrons. The average Bonchev–Trinajstić information content (AvgIpc) is 2.36. The molecule has 100 valence electrons. The molecule has 0 fully saturated rings. The molecule has 1 rings (SSSR count). The summed E-state index contributed by atoms with van der Waals surface area (Å²) < 4.78 is 0. The molecule has 3 nitrogen and oxygen atoms in total. The number of nitrogens with two attached hydrogens (primary N) is 1. The van der Waals surface area contributed by atoms with E-state index < -0.39 is 0 Å². The molecule has 0 aliphatic rings. The van der Waals surface area contributed by atoms with Crippen molar-refractivity contribution in [3.8, 4) is 0 Å². The summed E-state index contributed by atoms with van der Waals surface area (Å²) in [6.07, 6.45) is 3.34. The first kappa shape index (κ1) is 14.7. The maximum absolute atomic E-state index is 11.7. The van der Waals surface area contributed by atoms with Gasteiger partial charge >= 0.3 is 0 Å². The summed E-state index contributed by atoms with van der Waals surface area (Å²) in [6.45, 7) is 4.75. The van der Waals surface area contributed by atoms with E-state index in [4.69, 9.17) is 5.73 Å². The van der Waals surface area contributed by atoms with Crippen molar-refractivity contribution in [2.75, 3.05) is 6.54 Å². The minimum absolute atomic E-state index is 0.0809. The molecule has 0 saturated heterocycles. The monoisotopic (exact) mass is 248 g/mol. The third kappa shape index (κ3) is 5.32. The van der Waals surface area contributed by atoms with Crippen LogP contribution < -0.4 is 11.1 Å². The molecule has 3 N–H and O–H groups in total. The highest BCUT2D eigenvalue weighted by Crippen LogP contribution is 2.09. The first-order chi connectivity index (χ1) is 8.63. The Morgan fingerprint density at radius 3 is 2.78 bits per heavy atom. The second-order valence-corrected chi connectivity index (χ2v) is 4.78. The quantitative estimate of drug-likeness (QED) is 0.777. The van der Waals surface area contributed by atoms with Gasteiger partial charge in [0.25, 0.3) is 0 Å². The smallest absolute Gasteiger partial charge is 0.220 e. The van der Waals surface area contributed by atoms with Gasteiger partial charge in [0, 0.05) is 19.0 Å². The molecule has 0 bridgehead atoms. The molecule has 0 spiro atoms. The van der Waals surface area contributed by atoms with E-state index in [2.05, 4.69) is 31.3 Å². The van der Waals surface area contributed by atoms with Crippen LogP contribution in [0.3, 0.4) is 0 Å². The molecule has 1 amide bonds. The second-order valence-electron chi connectivity index (χ2n) is 4.78. The van der Waals surface area contributed by atoms with Crippen LogP contribution in [-0.2, 0) is 11.2 Å². The van der Waals surface area contributed by atoms with Crippen LogP contribution in [0, 0.1) is 6.92 Å². The van der Waals surface area contributed by atoms with Gasteiger partial charge in [-0.1, -0.05) is 37.6 Å². The molecule has 3 heteroatoms. The first-order valence-corrected chi connectivity index (χ1v) is 6.70. The van der Waals surface area contributed by atoms with Gasteiger partial charge in [-0.3, -0.25) is 4.79 Å². The normalized spacial score (nSPS) is 12.2. The Labute approximate surface area is 110 Å². The molecule has 0 aliphatic heterocycles. The van der Waals surface area contributed by atoms with E-state index in [9.17, 15) is 4.79 Å². The van der Waals surface area contributed by atoms with Crippen molar-refractivity contribution in [3.63, 3.8) is 0 Å². The van der Waals surface area contributed by atoms with Gasteiger partial charge in [0.15, 0.2) is 0 Å². The van der Waals surface area contributed by atoms with Gasteiger partial charge in [0.05, 0.1) is 0 Å². The number of rotatable bonds is 7. The van der Waals surface area contributed by atoms with Crippen LogP contribution in [0.2, 0.25) is 0 Å². The predicted molar refractivity (Wildman–Crippen MR) is 75.4 cm³/mol. The van der Waals surface area contributed by atoms with Gasteiger partial charge < -0.3 is 11.1 Å². The SMILES string of the molecule is CCCC(N)CNC(=O)CCc1ccccc1C. The first-order valence-electron chi connectivity index (χ1n) is 6.70. The maximum atomic E-state index is 11.7. The lowest BCUT2D eigenvalue weighted by Gasteiger charge is -2.11. The molecule has 18 heavy (non-hydrogen) atoms. The topological polar surface area (TPSA) is 55.1 Å². The lowest BCUT2D eigenvalue weighted by molar-refractivity contribution is -0.121. The summed E-state index contributed by atoms with van der Waals surface area (Å²) in [5.74, 6) is 0.0878. The number of hydrogen-bond acceptors (Lipinski definition) is 2. The average molecular weight is 248 g/mol. The number of amides is 1. The van der Waals surface area contributed by atoms with Crippen LogP contribution in [-0.4, -0.2) is 18.5 Å². The zero-order valence-electron chi connectivity index (χ0n) is 11.4. The Hall–Kier alpha value is -1.35. The Kier molecular flexibility index (Phi) is 6.44. The molecular formula is C15H24N2O. The van der Waals surface area contributed by atoms with Gasteiger partial charge in [-0.15, -0.1) is 0 Å². The maximum Gasteiger partial charge on any atom is 0.220 e. The fourth-order valence-corrected chi connectivity index (χ4v) is 1.94. The third-order valence-corrected chi connectivity index (χ3v) is 3.10. The summed E-state index contributed by atoms with van der Waals surface area (Å²) in [4.78, 5) is 11.7. The third-order valence-electron chi connectivity index (χ3n) is 3.10. The van der Waals surface area contributed by atoms with Crippen LogP contribution in [0.5, 0.6) is 0 Å². The second kappa shape index (κ2) is 7.88. The fourth-order valence-electron chi connectivity index (χ4n) is 1.94. The lowest BCUT2D eigenvalue weighted by atomic mass is 10.0. The number of hydrogen-bond donors (Lipinski definition) is 2. The van der Waals surface area contributed by atoms with Gasteiger partial charge in [-0.25, -0.2) is 0 Å². The molecule has 0 aromatic heterocycles. The van der Waals surface area contributed by atoms with Gasteiger partial charge in [0.2, 0.25) is 5.91 Å². The molecule has 1 aromatic carbocycles. The Balaban J connectivity index is 2.27. The lowest BCUT2D eigenvalue weighted by Crippen LogP contribution is -2.37. The highest BCUT2D eigenvalue weighted by atomic mass is 16.1. The minimum Gasteiger partial charge on any atom is -0.355 e. The molecule has 0 saturated carbocycles. The predicted octanol–water partition coefficient (Wildman–Crippen LogP) is 2.17. The van der Waals surface area contributed by atoms with Crippen molar-refractivity contribution in [1.29, 1.82) is 0 Å². The highest BCUT2D eigenvalue weighted by molar-refractivity contribution is 5.76. The number of benzene rings is 1. The van der Waals surface area contributed by atoms with E-state index in [0.717, 1.165) is 19.3 Å². The number of carbonyl (C=O) groups excluding carboxylic acids is 1. The zero-order chi connectivity index (χ0) is 13.4. The standard InChI is InChI=1S/C15H24N2O/c1-3-6-14(16)11-17-15(18)10-9-13-8-5-4-7-12(13)2/h4-5,7-8,14H,3,6,9-11,16H2,1-2H3,(H,17,18). The molecule has 1 unspecified atom stereocenters. The van der Waals surface area contributed by atoms with E-state index in [1.165, 1.54) is 11.1 Å². The van der Waals surface area contributed by atoms with Gasteiger partial charge in [-0.05, 0) is 30.9 Å². The zero-order valence-corrected chi connectivity index (χ0v) is 11.4. The van der Waals surface area contributed by atoms with Crippen molar-refractivity contribution >= 4 is 5.91 Å². The minimum atomic E-state index is 0.0809. The number of nitrogens with one attached hydrogen (secondary N) is 1. The van der Waals surface area contributed by atoms with Crippen LogP contribution in [0.4, 0.5) is 0 Å². The Morgan fingerprint density at radius 2 is 2.11 bits per heavy atom. The van der Waals surface area contributed by atoms with Crippen LogP contribution in [0.25, 0.3) is 0 Å². The van der Waals surface area contributed by atoms with Crippen molar-refractivity contribution in [2.45, 2.75) is 45.6 Å². The van der Waals surface area contributed by atoms with E-state index in [0.29, 0.717) is 13.0 Å². The molecular weight excluding hydrogens is 224 g/mol. The van der Waals surface area contributed by atoms with Crippen LogP contribution >= 0.6 is 0 Å².